The number of carbonyl (C=O) groups excluding carboxylic acids is 1. The van der Waals surface area contributed by atoms with Crippen LogP contribution in [-0.2, 0) is 0 Å². The second kappa shape index (κ2) is 6.22. The number of fused-ring (bicyclic) bond motifs is 2. The van der Waals surface area contributed by atoms with Crippen LogP contribution in [0.2, 0.25) is 0 Å². The highest BCUT2D eigenvalue weighted by Crippen LogP contribution is 2.37. The summed E-state index contributed by atoms with van der Waals surface area (Å²) in [5.74, 6) is 0.134. The zero-order valence-electron chi connectivity index (χ0n) is 12.9. The van der Waals surface area contributed by atoms with E-state index in [2.05, 4.69) is 20.9 Å². The lowest BCUT2D eigenvalue weighted by Gasteiger charge is -2.08. The van der Waals surface area contributed by atoms with Crippen molar-refractivity contribution in [3.63, 3.8) is 0 Å². The van der Waals surface area contributed by atoms with E-state index < -0.39 is 5.97 Å². The lowest BCUT2D eigenvalue weighted by atomic mass is 10.1. The SMILES string of the molecule is O=C([O-])c1cc(/C=C/c2cc3c(cc2Br)OCO3)nc2ccccc12. The van der Waals surface area contributed by atoms with Gasteiger partial charge in [0.2, 0.25) is 6.79 Å². The largest absolute Gasteiger partial charge is 0.545 e. The number of ether oxygens (including phenoxy) is 2. The molecule has 6 heteroatoms. The van der Waals surface area contributed by atoms with Gasteiger partial charge in [-0.1, -0.05) is 40.2 Å². The number of aromatic carboxylic acids is 1. The summed E-state index contributed by atoms with van der Waals surface area (Å²) in [6.07, 6.45) is 3.59. The highest BCUT2D eigenvalue weighted by atomic mass is 79.9. The Morgan fingerprint density at radius 1 is 1.12 bits per heavy atom. The van der Waals surface area contributed by atoms with Crippen LogP contribution in [0, 0.1) is 0 Å². The standard InChI is InChI=1S/C19H12BrNO4/c20-15-9-18-17(24-10-25-18)7-11(15)5-6-12-8-14(19(22)23)13-3-1-2-4-16(13)21-12/h1-9H,10H2,(H,22,23)/p-1/b6-5+. The predicted octanol–water partition coefficient (Wildman–Crippen LogP) is 3.26. The fraction of sp³-hybridized carbons (Fsp3) is 0.0526. The summed E-state index contributed by atoms with van der Waals surface area (Å²) in [5.41, 5.74) is 2.13. The van der Waals surface area contributed by atoms with Gasteiger partial charge in [0.1, 0.15) is 0 Å². The molecule has 1 aromatic heterocycles. The minimum atomic E-state index is -1.22. The molecule has 0 unspecified atom stereocenters. The first-order chi connectivity index (χ1) is 12.1. The summed E-state index contributed by atoms with van der Waals surface area (Å²) in [6.45, 7) is 0.205. The van der Waals surface area contributed by atoms with E-state index in [1.807, 2.05) is 24.3 Å². The number of hydrogen-bond donors (Lipinski definition) is 0. The lowest BCUT2D eigenvalue weighted by Crippen LogP contribution is -2.22. The van der Waals surface area contributed by atoms with Crippen LogP contribution in [0.1, 0.15) is 21.6 Å². The maximum Gasteiger partial charge on any atom is 0.231 e. The average Bonchev–Trinajstić information content (AvgIpc) is 3.05. The van der Waals surface area contributed by atoms with Gasteiger partial charge in [0.05, 0.1) is 17.2 Å². The van der Waals surface area contributed by atoms with Crippen molar-refractivity contribution in [3.05, 3.63) is 63.8 Å². The van der Waals surface area contributed by atoms with Crippen LogP contribution in [0.15, 0.2) is 46.9 Å². The quantitative estimate of drug-likeness (QED) is 0.679. The number of halogens is 1. The third-order valence-electron chi connectivity index (χ3n) is 3.88. The summed E-state index contributed by atoms with van der Waals surface area (Å²) in [5, 5.41) is 12.0. The molecule has 5 nitrogen and oxygen atoms in total. The fourth-order valence-electron chi connectivity index (χ4n) is 2.69. The molecule has 0 atom stereocenters. The van der Waals surface area contributed by atoms with Crippen LogP contribution < -0.4 is 14.6 Å². The Labute approximate surface area is 151 Å². The number of benzene rings is 2. The van der Waals surface area contributed by atoms with E-state index in [1.165, 1.54) is 6.07 Å². The van der Waals surface area contributed by atoms with Crippen LogP contribution >= 0.6 is 15.9 Å². The van der Waals surface area contributed by atoms with Crippen LogP contribution in [0.3, 0.4) is 0 Å². The van der Waals surface area contributed by atoms with E-state index >= 15 is 0 Å². The van der Waals surface area contributed by atoms with Gasteiger partial charge in [-0.25, -0.2) is 4.98 Å². The van der Waals surface area contributed by atoms with Gasteiger partial charge in [0.25, 0.3) is 0 Å². The Hall–Kier alpha value is -2.86. The van der Waals surface area contributed by atoms with Gasteiger partial charge in [-0.15, -0.1) is 0 Å². The Kier molecular flexibility index (Phi) is 3.89. The van der Waals surface area contributed by atoms with E-state index in [0.717, 1.165) is 10.0 Å². The predicted molar refractivity (Wildman–Crippen MR) is 95.3 cm³/mol. The number of para-hydroxylation sites is 1. The third-order valence-corrected chi connectivity index (χ3v) is 4.57. The molecule has 25 heavy (non-hydrogen) atoms. The topological polar surface area (TPSA) is 71.5 Å². The van der Waals surface area contributed by atoms with Crippen molar-refractivity contribution >= 4 is 45.0 Å². The highest BCUT2D eigenvalue weighted by molar-refractivity contribution is 9.10. The second-order valence-corrected chi connectivity index (χ2v) is 6.31. The molecule has 0 saturated heterocycles. The number of pyridine rings is 1. The molecule has 4 rings (SSSR count). The molecule has 0 spiro atoms. The molecule has 124 valence electrons. The van der Waals surface area contributed by atoms with Crippen molar-refractivity contribution in [2.24, 2.45) is 0 Å². The minimum absolute atomic E-state index is 0.120. The van der Waals surface area contributed by atoms with Crippen LogP contribution in [0.25, 0.3) is 23.1 Å². The van der Waals surface area contributed by atoms with Crippen LogP contribution in [0.4, 0.5) is 0 Å². The van der Waals surface area contributed by atoms with E-state index in [4.69, 9.17) is 9.47 Å². The van der Waals surface area contributed by atoms with E-state index in [0.29, 0.717) is 28.1 Å². The molecule has 0 bridgehead atoms. The molecule has 1 aliphatic rings. The molecule has 3 aromatic rings. The number of carboxylic acids is 1. The Balaban J connectivity index is 1.76. The van der Waals surface area contributed by atoms with Gasteiger partial charge < -0.3 is 19.4 Å². The Morgan fingerprint density at radius 2 is 1.88 bits per heavy atom. The Bertz CT molecular complexity index is 1030. The van der Waals surface area contributed by atoms with Crippen LogP contribution in [-0.4, -0.2) is 17.7 Å². The first kappa shape index (κ1) is 15.7. The molecule has 2 heterocycles. The maximum absolute atomic E-state index is 11.4. The molecule has 0 amide bonds. The Morgan fingerprint density at radius 3 is 2.68 bits per heavy atom. The molecule has 0 fully saturated rings. The molecule has 0 N–H and O–H groups in total. The molecular weight excluding hydrogens is 386 g/mol. The first-order valence-corrected chi connectivity index (χ1v) is 8.29. The average molecular weight is 397 g/mol. The number of carboxylic acid groups (broad SMARTS) is 1. The van der Waals surface area contributed by atoms with E-state index in [9.17, 15) is 9.90 Å². The normalized spacial score (nSPS) is 12.8. The second-order valence-electron chi connectivity index (χ2n) is 5.46. The molecular formula is C19H11BrNO4-. The molecule has 2 aromatic carbocycles. The summed E-state index contributed by atoms with van der Waals surface area (Å²) in [6, 6.07) is 12.3. The van der Waals surface area contributed by atoms with Crippen molar-refractivity contribution in [3.8, 4) is 11.5 Å². The van der Waals surface area contributed by atoms with Gasteiger partial charge in [0.15, 0.2) is 11.5 Å². The molecule has 0 radical (unpaired) electrons. The van der Waals surface area contributed by atoms with Crippen LogP contribution in [0.5, 0.6) is 11.5 Å². The number of hydrogen-bond acceptors (Lipinski definition) is 5. The maximum atomic E-state index is 11.4. The van der Waals surface area contributed by atoms with Crippen molar-refractivity contribution in [1.29, 1.82) is 0 Å². The summed E-state index contributed by atoms with van der Waals surface area (Å²) in [7, 11) is 0. The molecule has 0 saturated carbocycles. The van der Waals surface area contributed by atoms with Gasteiger partial charge in [-0.2, -0.15) is 0 Å². The molecule has 1 aliphatic heterocycles. The number of aromatic nitrogens is 1. The number of nitrogens with zero attached hydrogens (tertiary/aromatic N) is 1. The third kappa shape index (κ3) is 2.96. The highest BCUT2D eigenvalue weighted by Gasteiger charge is 2.15. The summed E-state index contributed by atoms with van der Waals surface area (Å²) >= 11 is 3.49. The van der Waals surface area contributed by atoms with Crippen molar-refractivity contribution < 1.29 is 19.4 Å². The zero-order valence-corrected chi connectivity index (χ0v) is 14.4. The smallest absolute Gasteiger partial charge is 0.231 e. The van der Waals surface area contributed by atoms with Gasteiger partial charge in [0, 0.05) is 15.4 Å². The molecule has 0 aliphatic carbocycles. The first-order valence-electron chi connectivity index (χ1n) is 7.50. The van der Waals surface area contributed by atoms with E-state index in [1.54, 1.807) is 24.3 Å². The number of rotatable bonds is 3. The van der Waals surface area contributed by atoms with Crippen molar-refractivity contribution in [2.75, 3.05) is 6.79 Å². The fourth-order valence-corrected chi connectivity index (χ4v) is 3.14. The van der Waals surface area contributed by atoms with E-state index in [-0.39, 0.29) is 12.4 Å². The zero-order chi connectivity index (χ0) is 17.4. The minimum Gasteiger partial charge on any atom is -0.545 e. The number of carbonyl (C=O) groups is 1. The monoisotopic (exact) mass is 396 g/mol. The van der Waals surface area contributed by atoms with Gasteiger partial charge >= 0.3 is 0 Å². The van der Waals surface area contributed by atoms with Gasteiger partial charge in [-0.05, 0) is 35.9 Å². The van der Waals surface area contributed by atoms with Crippen molar-refractivity contribution in [1.82, 2.24) is 4.98 Å². The lowest BCUT2D eigenvalue weighted by molar-refractivity contribution is -0.254. The van der Waals surface area contributed by atoms with Gasteiger partial charge in [-0.3, -0.25) is 0 Å². The summed E-state index contributed by atoms with van der Waals surface area (Å²) in [4.78, 5) is 15.9. The van der Waals surface area contributed by atoms with Crippen molar-refractivity contribution in [2.45, 2.75) is 0 Å². The summed E-state index contributed by atoms with van der Waals surface area (Å²) < 4.78 is 11.5.